The van der Waals surface area contributed by atoms with Crippen LogP contribution in [0.1, 0.15) is 16.7 Å². The van der Waals surface area contributed by atoms with Crippen LogP contribution in [0.3, 0.4) is 0 Å². The van der Waals surface area contributed by atoms with Crippen molar-refractivity contribution in [3.63, 3.8) is 0 Å². The number of phenols is 1. The second kappa shape index (κ2) is 6.26. The zero-order chi connectivity index (χ0) is 13.8. The molecule has 1 fully saturated rings. The predicted molar refractivity (Wildman–Crippen MR) is 77.1 cm³/mol. The third-order valence-electron chi connectivity index (χ3n) is 4.02. The number of phenolic OH excluding ortho intramolecular Hbond substituents is 1. The molecule has 0 aliphatic carbocycles. The Bertz CT molecular complexity index is 440. The summed E-state index contributed by atoms with van der Waals surface area (Å²) in [6, 6.07) is 1.90. The van der Waals surface area contributed by atoms with Gasteiger partial charge in [0.1, 0.15) is 0 Å². The molecule has 0 aromatic heterocycles. The second-order valence-electron chi connectivity index (χ2n) is 5.19. The number of benzene rings is 1. The van der Waals surface area contributed by atoms with E-state index in [9.17, 15) is 5.11 Å². The van der Waals surface area contributed by atoms with Gasteiger partial charge in [0, 0.05) is 38.3 Å². The third kappa shape index (κ3) is 3.19. The quantitative estimate of drug-likeness (QED) is 0.864. The third-order valence-corrected chi connectivity index (χ3v) is 4.02. The van der Waals surface area contributed by atoms with Gasteiger partial charge in [-0.05, 0) is 37.5 Å². The van der Waals surface area contributed by atoms with Crippen molar-refractivity contribution in [1.29, 1.82) is 0 Å². The number of aryl methyl sites for hydroxylation is 1. The van der Waals surface area contributed by atoms with Crippen LogP contribution < -0.4 is 10.1 Å². The molecule has 0 atom stereocenters. The molecule has 1 aromatic rings. The summed E-state index contributed by atoms with van der Waals surface area (Å²) in [5.74, 6) is 0.888. The predicted octanol–water partition coefficient (Wildman–Crippen LogP) is 1.47. The highest BCUT2D eigenvalue weighted by Crippen LogP contribution is 2.34. The fraction of sp³-hybridized carbons (Fsp3) is 0.600. The van der Waals surface area contributed by atoms with Crippen LogP contribution in [-0.2, 0) is 6.42 Å². The van der Waals surface area contributed by atoms with Crippen molar-refractivity contribution in [2.24, 2.45) is 0 Å². The molecule has 1 aromatic carbocycles. The first-order chi connectivity index (χ1) is 9.13. The van der Waals surface area contributed by atoms with E-state index in [1.807, 2.05) is 6.07 Å². The molecule has 2 rings (SSSR count). The molecule has 4 heteroatoms. The number of hydrogen-bond acceptors (Lipinski definition) is 4. The number of rotatable bonds is 4. The monoisotopic (exact) mass is 264 g/mol. The van der Waals surface area contributed by atoms with Crippen LogP contribution in [0.5, 0.6) is 11.5 Å². The van der Waals surface area contributed by atoms with Gasteiger partial charge in [-0.2, -0.15) is 0 Å². The summed E-state index contributed by atoms with van der Waals surface area (Å²) in [7, 11) is 1.60. The summed E-state index contributed by atoms with van der Waals surface area (Å²) in [5, 5.41) is 13.6. The Morgan fingerprint density at radius 1 is 1.32 bits per heavy atom. The van der Waals surface area contributed by atoms with Crippen molar-refractivity contribution in [3.05, 3.63) is 22.8 Å². The molecule has 1 saturated heterocycles. The van der Waals surface area contributed by atoms with E-state index in [1.54, 1.807) is 7.11 Å². The molecule has 1 aliphatic rings. The Balaban J connectivity index is 2.12. The van der Waals surface area contributed by atoms with Gasteiger partial charge in [-0.3, -0.25) is 0 Å². The van der Waals surface area contributed by atoms with Crippen molar-refractivity contribution in [2.75, 3.05) is 39.8 Å². The standard InChI is InChI=1S/C15H24N2O2/c1-11-10-14(19-3)15(18)13(12(11)2)4-7-17-8-5-16-6-9-17/h10,16,18H,4-9H2,1-3H3. The molecule has 0 radical (unpaired) electrons. The zero-order valence-electron chi connectivity index (χ0n) is 12.1. The molecule has 2 N–H and O–H groups in total. The highest BCUT2D eigenvalue weighted by molar-refractivity contribution is 5.53. The molecule has 0 spiro atoms. The lowest BCUT2D eigenvalue weighted by Gasteiger charge is -2.27. The highest BCUT2D eigenvalue weighted by Gasteiger charge is 2.16. The van der Waals surface area contributed by atoms with Gasteiger partial charge in [0.2, 0.25) is 0 Å². The van der Waals surface area contributed by atoms with Crippen molar-refractivity contribution in [2.45, 2.75) is 20.3 Å². The van der Waals surface area contributed by atoms with Gasteiger partial charge < -0.3 is 20.1 Å². The molecular formula is C15H24N2O2. The topological polar surface area (TPSA) is 44.7 Å². The van der Waals surface area contributed by atoms with E-state index in [0.29, 0.717) is 11.5 Å². The Hall–Kier alpha value is -1.26. The van der Waals surface area contributed by atoms with Crippen LogP contribution >= 0.6 is 0 Å². The van der Waals surface area contributed by atoms with Crippen molar-refractivity contribution < 1.29 is 9.84 Å². The van der Waals surface area contributed by atoms with Crippen molar-refractivity contribution >= 4 is 0 Å². The minimum Gasteiger partial charge on any atom is -0.504 e. The average molecular weight is 264 g/mol. The second-order valence-corrected chi connectivity index (χ2v) is 5.19. The van der Waals surface area contributed by atoms with E-state index in [0.717, 1.165) is 44.7 Å². The van der Waals surface area contributed by atoms with Gasteiger partial charge in [-0.1, -0.05) is 0 Å². The molecule has 19 heavy (non-hydrogen) atoms. The number of piperazine rings is 1. The molecule has 4 nitrogen and oxygen atoms in total. The van der Waals surface area contributed by atoms with Crippen LogP contribution in [0.4, 0.5) is 0 Å². The minimum atomic E-state index is 0.306. The van der Waals surface area contributed by atoms with E-state index < -0.39 is 0 Å². The van der Waals surface area contributed by atoms with E-state index in [4.69, 9.17) is 4.74 Å². The lowest BCUT2D eigenvalue weighted by Crippen LogP contribution is -2.44. The molecule has 0 amide bonds. The number of nitrogens with one attached hydrogen (secondary N) is 1. The van der Waals surface area contributed by atoms with Gasteiger partial charge in [-0.15, -0.1) is 0 Å². The normalized spacial score (nSPS) is 16.6. The number of methoxy groups -OCH3 is 1. The van der Waals surface area contributed by atoms with Crippen molar-refractivity contribution in [1.82, 2.24) is 10.2 Å². The molecule has 1 heterocycles. The van der Waals surface area contributed by atoms with E-state index >= 15 is 0 Å². The number of aromatic hydroxyl groups is 1. The largest absolute Gasteiger partial charge is 0.504 e. The first kappa shape index (κ1) is 14.2. The summed E-state index contributed by atoms with van der Waals surface area (Å²) in [4.78, 5) is 2.43. The highest BCUT2D eigenvalue weighted by atomic mass is 16.5. The first-order valence-electron chi connectivity index (χ1n) is 6.92. The van der Waals surface area contributed by atoms with Crippen LogP contribution in [0.2, 0.25) is 0 Å². The Morgan fingerprint density at radius 3 is 2.63 bits per heavy atom. The van der Waals surface area contributed by atoms with Crippen molar-refractivity contribution in [3.8, 4) is 11.5 Å². The molecule has 1 aliphatic heterocycles. The van der Waals surface area contributed by atoms with Gasteiger partial charge >= 0.3 is 0 Å². The summed E-state index contributed by atoms with van der Waals surface area (Å²) in [6.07, 6.45) is 0.871. The van der Waals surface area contributed by atoms with Gasteiger partial charge in [0.05, 0.1) is 7.11 Å². The number of hydrogen-bond donors (Lipinski definition) is 2. The average Bonchev–Trinajstić information content (AvgIpc) is 2.44. The van der Waals surface area contributed by atoms with Gasteiger partial charge in [-0.25, -0.2) is 0 Å². The SMILES string of the molecule is COc1cc(C)c(C)c(CCN2CCNCC2)c1O. The summed E-state index contributed by atoms with van der Waals surface area (Å²) >= 11 is 0. The Kier molecular flexibility index (Phi) is 4.66. The fourth-order valence-corrected chi connectivity index (χ4v) is 2.60. The maximum atomic E-state index is 10.3. The molecule has 106 valence electrons. The molecule has 0 saturated carbocycles. The van der Waals surface area contributed by atoms with Crippen LogP contribution in [0, 0.1) is 13.8 Å². The smallest absolute Gasteiger partial charge is 0.161 e. The fourth-order valence-electron chi connectivity index (χ4n) is 2.60. The Morgan fingerprint density at radius 2 is 2.00 bits per heavy atom. The number of ether oxygens (including phenoxy) is 1. The molecule has 0 bridgehead atoms. The maximum absolute atomic E-state index is 10.3. The summed E-state index contributed by atoms with van der Waals surface area (Å²) < 4.78 is 5.24. The van der Waals surface area contributed by atoms with E-state index in [-0.39, 0.29) is 0 Å². The van der Waals surface area contributed by atoms with E-state index in [1.165, 1.54) is 11.1 Å². The summed E-state index contributed by atoms with van der Waals surface area (Å²) in [6.45, 7) is 9.41. The van der Waals surface area contributed by atoms with Gasteiger partial charge in [0.15, 0.2) is 11.5 Å². The zero-order valence-corrected chi connectivity index (χ0v) is 12.1. The van der Waals surface area contributed by atoms with Gasteiger partial charge in [0.25, 0.3) is 0 Å². The van der Waals surface area contributed by atoms with Crippen LogP contribution in [0.15, 0.2) is 6.07 Å². The number of nitrogens with zero attached hydrogens (tertiary/aromatic N) is 1. The maximum Gasteiger partial charge on any atom is 0.161 e. The lowest BCUT2D eigenvalue weighted by molar-refractivity contribution is 0.243. The molecule has 0 unspecified atom stereocenters. The minimum absolute atomic E-state index is 0.306. The lowest BCUT2D eigenvalue weighted by atomic mass is 9.98. The molecular weight excluding hydrogens is 240 g/mol. The van der Waals surface area contributed by atoms with E-state index in [2.05, 4.69) is 24.1 Å². The van der Waals surface area contributed by atoms with Crippen LogP contribution in [-0.4, -0.2) is 49.8 Å². The Labute approximate surface area is 115 Å². The summed E-state index contributed by atoms with van der Waals surface area (Å²) in [5.41, 5.74) is 3.37. The first-order valence-corrected chi connectivity index (χ1v) is 6.92. The van der Waals surface area contributed by atoms with Crippen LogP contribution in [0.25, 0.3) is 0 Å².